The van der Waals surface area contributed by atoms with E-state index in [4.69, 9.17) is 14.6 Å². The number of benzene rings is 1. The molecule has 0 aliphatic rings. The van der Waals surface area contributed by atoms with Gasteiger partial charge >= 0.3 is 0 Å². The minimum Gasteiger partial charge on any atom is -0.493 e. The number of hydrogen-bond acceptors (Lipinski definition) is 8. The van der Waals surface area contributed by atoms with Gasteiger partial charge in [-0.3, -0.25) is 4.79 Å². The summed E-state index contributed by atoms with van der Waals surface area (Å²) in [5.74, 6) is 0.499. The van der Waals surface area contributed by atoms with Gasteiger partial charge in [0, 0.05) is 5.56 Å². The molecule has 1 rings (SSSR count). The molecule has 1 aromatic carbocycles. The number of aldehydes is 1. The fourth-order valence-corrected chi connectivity index (χ4v) is 1.71. The normalized spacial score (nSPS) is 16.5. The molecule has 8 heteroatoms. The van der Waals surface area contributed by atoms with Crippen molar-refractivity contribution in [1.29, 1.82) is 0 Å². The van der Waals surface area contributed by atoms with Crippen LogP contribution in [0.15, 0.2) is 18.2 Å². The second-order valence-electron chi connectivity index (χ2n) is 4.64. The summed E-state index contributed by atoms with van der Waals surface area (Å²) >= 11 is 0. The maximum atomic E-state index is 10.7. The molecule has 5 N–H and O–H groups in total. The van der Waals surface area contributed by atoms with E-state index in [-0.39, 0.29) is 11.5 Å². The average Bonchev–Trinajstić information content (AvgIpc) is 2.57. The Kier molecular flexibility index (Phi) is 7.22. The molecule has 124 valence electrons. The number of carbonyl (C=O) groups excluding carboxylic acids is 1. The molecule has 0 aliphatic heterocycles. The summed E-state index contributed by atoms with van der Waals surface area (Å²) in [5.41, 5.74) is 0.381. The quantitative estimate of drug-likeness (QED) is 0.341. The Morgan fingerprint density at radius 2 is 1.73 bits per heavy atom. The van der Waals surface area contributed by atoms with Crippen LogP contribution >= 0.6 is 0 Å². The molecule has 0 radical (unpaired) electrons. The van der Waals surface area contributed by atoms with Gasteiger partial charge in [0.05, 0.1) is 13.7 Å². The number of rotatable bonds is 9. The first-order valence-corrected chi connectivity index (χ1v) is 6.53. The van der Waals surface area contributed by atoms with Crippen LogP contribution in [0.4, 0.5) is 0 Å². The van der Waals surface area contributed by atoms with E-state index >= 15 is 0 Å². The molecule has 0 aliphatic carbocycles. The number of hydrogen-bond donors (Lipinski definition) is 5. The molecule has 1 aromatic rings. The lowest BCUT2D eigenvalue weighted by Gasteiger charge is -2.25. The molecule has 4 atom stereocenters. The Balaban J connectivity index is 2.67. The minimum absolute atomic E-state index is 0.233. The summed E-state index contributed by atoms with van der Waals surface area (Å²) < 4.78 is 10.3. The standard InChI is InChI=1S/C14H20O8/c1-21-12-4-8(5-15)2-3-11(12)22-7-10(18)14(20)13(19)9(17)6-16/h2-5,9-10,13-14,16-20H,6-7H2,1H3/t9-,10+,13-,14-/m1/s1. The van der Waals surface area contributed by atoms with Gasteiger partial charge < -0.3 is 35.0 Å². The highest BCUT2D eigenvalue weighted by Crippen LogP contribution is 2.27. The van der Waals surface area contributed by atoms with Crippen LogP contribution in [0.3, 0.4) is 0 Å². The third-order valence-corrected chi connectivity index (χ3v) is 3.06. The Morgan fingerprint density at radius 3 is 2.27 bits per heavy atom. The van der Waals surface area contributed by atoms with Crippen molar-refractivity contribution in [3.63, 3.8) is 0 Å². The van der Waals surface area contributed by atoms with Gasteiger partial charge in [-0.25, -0.2) is 0 Å². The lowest BCUT2D eigenvalue weighted by atomic mass is 10.0. The number of ether oxygens (including phenoxy) is 2. The van der Waals surface area contributed by atoms with E-state index in [1.54, 1.807) is 0 Å². The molecule has 0 fully saturated rings. The van der Waals surface area contributed by atoms with E-state index in [1.807, 2.05) is 0 Å². The molecule has 22 heavy (non-hydrogen) atoms. The van der Waals surface area contributed by atoms with Gasteiger partial charge in [-0.15, -0.1) is 0 Å². The molecular weight excluding hydrogens is 296 g/mol. The second-order valence-corrected chi connectivity index (χ2v) is 4.64. The van der Waals surface area contributed by atoms with Crippen molar-refractivity contribution in [3.8, 4) is 11.5 Å². The fourth-order valence-electron chi connectivity index (χ4n) is 1.71. The largest absolute Gasteiger partial charge is 0.493 e. The second kappa shape index (κ2) is 8.66. The van der Waals surface area contributed by atoms with Gasteiger partial charge in [0.2, 0.25) is 0 Å². The van der Waals surface area contributed by atoms with Gasteiger partial charge in [-0.05, 0) is 18.2 Å². The molecule has 8 nitrogen and oxygen atoms in total. The number of aliphatic hydroxyl groups excluding tert-OH is 5. The van der Waals surface area contributed by atoms with Crippen LogP contribution < -0.4 is 9.47 Å². The highest BCUT2D eigenvalue weighted by molar-refractivity contribution is 5.76. The SMILES string of the molecule is COc1cc(C=O)ccc1OC[C@H](O)[C@@H](O)[C@H](O)[C@H](O)CO. The zero-order valence-electron chi connectivity index (χ0n) is 12.0. The van der Waals surface area contributed by atoms with Crippen molar-refractivity contribution in [2.45, 2.75) is 24.4 Å². The van der Waals surface area contributed by atoms with Crippen molar-refractivity contribution < 1.29 is 39.8 Å². The topological polar surface area (TPSA) is 137 Å². The third-order valence-electron chi connectivity index (χ3n) is 3.06. The summed E-state index contributed by atoms with van der Waals surface area (Å²) in [6.07, 6.45) is -5.87. The van der Waals surface area contributed by atoms with Crippen LogP contribution in [0.2, 0.25) is 0 Å². The van der Waals surface area contributed by atoms with Crippen molar-refractivity contribution in [3.05, 3.63) is 23.8 Å². The van der Waals surface area contributed by atoms with E-state index in [0.717, 1.165) is 0 Å². The van der Waals surface area contributed by atoms with Crippen LogP contribution in [0, 0.1) is 0 Å². The fraction of sp³-hybridized carbons (Fsp3) is 0.500. The number of carbonyl (C=O) groups is 1. The molecule has 0 bridgehead atoms. The molecule has 0 amide bonds. The van der Waals surface area contributed by atoms with Crippen LogP contribution in [0.25, 0.3) is 0 Å². The summed E-state index contributed by atoms with van der Waals surface area (Å²) in [6, 6.07) is 4.38. The smallest absolute Gasteiger partial charge is 0.161 e. The summed E-state index contributed by atoms with van der Waals surface area (Å²) in [7, 11) is 1.38. The van der Waals surface area contributed by atoms with Crippen LogP contribution in [-0.2, 0) is 0 Å². The maximum Gasteiger partial charge on any atom is 0.161 e. The zero-order valence-corrected chi connectivity index (χ0v) is 12.0. The molecule has 0 aromatic heterocycles. The van der Waals surface area contributed by atoms with E-state index in [1.165, 1.54) is 25.3 Å². The highest BCUT2D eigenvalue weighted by atomic mass is 16.5. The van der Waals surface area contributed by atoms with Gasteiger partial charge in [-0.2, -0.15) is 0 Å². The van der Waals surface area contributed by atoms with Gasteiger partial charge in [0.25, 0.3) is 0 Å². The molecule has 0 heterocycles. The first kappa shape index (κ1) is 18.3. The van der Waals surface area contributed by atoms with Crippen molar-refractivity contribution in [2.75, 3.05) is 20.3 Å². The van der Waals surface area contributed by atoms with Crippen LogP contribution in [0.5, 0.6) is 11.5 Å². The van der Waals surface area contributed by atoms with Gasteiger partial charge in [0.1, 0.15) is 37.3 Å². The molecule has 0 spiro atoms. The summed E-state index contributed by atoms with van der Waals surface area (Å²) in [6.45, 7) is -1.15. The van der Waals surface area contributed by atoms with E-state index in [9.17, 15) is 25.2 Å². The average molecular weight is 316 g/mol. The Bertz CT molecular complexity index is 478. The third kappa shape index (κ3) is 4.65. The zero-order chi connectivity index (χ0) is 16.7. The Hall–Kier alpha value is -1.71. The molecular formula is C14H20O8. The lowest BCUT2D eigenvalue weighted by Crippen LogP contribution is -2.47. The molecule has 0 saturated heterocycles. The van der Waals surface area contributed by atoms with Crippen molar-refractivity contribution >= 4 is 6.29 Å². The Morgan fingerprint density at radius 1 is 1.09 bits per heavy atom. The first-order chi connectivity index (χ1) is 10.4. The first-order valence-electron chi connectivity index (χ1n) is 6.53. The number of aliphatic hydroxyl groups is 5. The van der Waals surface area contributed by atoms with Crippen molar-refractivity contribution in [2.24, 2.45) is 0 Å². The number of methoxy groups -OCH3 is 1. The molecule has 0 unspecified atom stereocenters. The predicted octanol–water partition coefficient (Wildman–Crippen LogP) is -1.68. The molecule has 0 saturated carbocycles. The predicted molar refractivity (Wildman–Crippen MR) is 75.0 cm³/mol. The van der Waals surface area contributed by atoms with E-state index < -0.39 is 37.6 Å². The maximum absolute atomic E-state index is 10.7. The monoisotopic (exact) mass is 316 g/mol. The summed E-state index contributed by atoms with van der Waals surface area (Å²) in [5, 5.41) is 46.8. The van der Waals surface area contributed by atoms with Crippen LogP contribution in [-0.4, -0.2) is 76.6 Å². The highest BCUT2D eigenvalue weighted by Gasteiger charge is 2.30. The van der Waals surface area contributed by atoms with E-state index in [0.29, 0.717) is 11.8 Å². The van der Waals surface area contributed by atoms with Gasteiger partial charge in [-0.1, -0.05) is 0 Å². The van der Waals surface area contributed by atoms with Crippen LogP contribution in [0.1, 0.15) is 10.4 Å². The van der Waals surface area contributed by atoms with E-state index in [2.05, 4.69) is 0 Å². The minimum atomic E-state index is -1.72. The Labute approximate surface area is 127 Å². The summed E-state index contributed by atoms with van der Waals surface area (Å²) in [4.78, 5) is 10.7. The van der Waals surface area contributed by atoms with Gasteiger partial charge in [0.15, 0.2) is 11.5 Å². The lowest BCUT2D eigenvalue weighted by molar-refractivity contribution is -0.121. The van der Waals surface area contributed by atoms with Crippen molar-refractivity contribution in [1.82, 2.24) is 0 Å².